The fraction of sp³-hybridized carbons (Fsp3) is 0.894. The van der Waals surface area contributed by atoms with Gasteiger partial charge in [-0.2, -0.15) is 0 Å². The second-order valence-electron chi connectivity index (χ2n) is 16.1. The molecule has 0 spiro atoms. The second-order valence-corrected chi connectivity index (χ2v) is 16.1. The van der Waals surface area contributed by atoms with Crippen molar-refractivity contribution in [3.63, 3.8) is 0 Å². The zero-order valence-electron chi connectivity index (χ0n) is 35.3. The van der Waals surface area contributed by atoms with Gasteiger partial charge in [0.15, 0.2) is 0 Å². The zero-order valence-corrected chi connectivity index (χ0v) is 35.3. The van der Waals surface area contributed by atoms with Gasteiger partial charge in [0.1, 0.15) is 12.2 Å². The summed E-state index contributed by atoms with van der Waals surface area (Å²) in [6, 6.07) is -1.00. The smallest absolute Gasteiger partial charge is 0.249 e. The summed E-state index contributed by atoms with van der Waals surface area (Å²) in [4.78, 5) is 12.5. The van der Waals surface area contributed by atoms with Crippen LogP contribution in [0.5, 0.6) is 0 Å². The van der Waals surface area contributed by atoms with Crippen LogP contribution < -0.4 is 5.32 Å². The molecular formula is C47H91NO5. The average molecular weight is 750 g/mol. The number of amides is 1. The van der Waals surface area contributed by atoms with Crippen LogP contribution in [0.15, 0.2) is 24.3 Å². The van der Waals surface area contributed by atoms with Gasteiger partial charge in [0, 0.05) is 0 Å². The third-order valence-corrected chi connectivity index (χ3v) is 10.9. The van der Waals surface area contributed by atoms with Crippen LogP contribution in [0.3, 0.4) is 0 Å². The summed E-state index contributed by atoms with van der Waals surface area (Å²) >= 11 is 0. The van der Waals surface area contributed by atoms with Crippen LogP contribution in [0.4, 0.5) is 0 Å². The van der Waals surface area contributed by atoms with Gasteiger partial charge in [0.25, 0.3) is 0 Å². The minimum Gasteiger partial charge on any atom is -0.394 e. The van der Waals surface area contributed by atoms with Gasteiger partial charge in [-0.3, -0.25) is 4.79 Å². The summed E-state index contributed by atoms with van der Waals surface area (Å²) < 4.78 is 0. The first kappa shape index (κ1) is 51.8. The van der Waals surface area contributed by atoms with Crippen molar-refractivity contribution in [2.24, 2.45) is 0 Å². The largest absolute Gasteiger partial charge is 0.394 e. The first-order valence-corrected chi connectivity index (χ1v) is 23.2. The SMILES string of the molecule is CCCCCCCCC/C=C/CC/C=C/CCCC(O)C(O)C(CO)NC(=O)C(O)CCCCCCCCCCCCCCCCCCCCCCC. The predicted octanol–water partition coefficient (Wildman–Crippen LogP) is 12.4. The maximum Gasteiger partial charge on any atom is 0.249 e. The Labute approximate surface area is 329 Å². The number of aliphatic hydroxyl groups is 4. The maximum atomic E-state index is 12.5. The molecule has 314 valence electrons. The molecule has 0 fully saturated rings. The van der Waals surface area contributed by atoms with E-state index in [-0.39, 0.29) is 0 Å². The third-order valence-electron chi connectivity index (χ3n) is 10.9. The Bertz CT molecular complexity index is 802. The third kappa shape index (κ3) is 36.2. The number of hydrogen-bond acceptors (Lipinski definition) is 5. The van der Waals surface area contributed by atoms with Crippen LogP contribution in [0, 0.1) is 0 Å². The standard InChI is InChI=1S/C47H91NO5/c1-3-5-7-9-11-13-15-17-19-21-22-23-24-25-27-29-31-33-35-37-39-41-45(51)47(53)48-43(42-49)46(52)44(50)40-38-36-34-32-30-28-26-20-18-16-14-12-10-8-6-4-2/h20,26,32,34,43-46,49-52H,3-19,21-25,27-31,33,35-42H2,1-2H3,(H,48,53)/b26-20+,34-32+. The summed E-state index contributed by atoms with van der Waals surface area (Å²) in [7, 11) is 0. The minimum atomic E-state index is -1.29. The highest BCUT2D eigenvalue weighted by Gasteiger charge is 2.28. The van der Waals surface area contributed by atoms with Crippen molar-refractivity contribution >= 4 is 5.91 Å². The Kier molecular flexibility index (Phi) is 41.0. The Morgan fingerprint density at radius 3 is 1.19 bits per heavy atom. The van der Waals surface area contributed by atoms with Crippen molar-refractivity contribution in [1.29, 1.82) is 0 Å². The molecule has 0 aromatic carbocycles. The van der Waals surface area contributed by atoms with Crippen LogP contribution in [0.1, 0.15) is 239 Å². The van der Waals surface area contributed by atoms with Gasteiger partial charge in [-0.1, -0.05) is 212 Å². The Morgan fingerprint density at radius 2 is 0.792 bits per heavy atom. The number of nitrogens with one attached hydrogen (secondary N) is 1. The van der Waals surface area contributed by atoms with Crippen LogP contribution in [-0.2, 0) is 4.79 Å². The molecule has 0 radical (unpaired) electrons. The molecule has 0 aliphatic heterocycles. The maximum absolute atomic E-state index is 12.5. The van der Waals surface area contributed by atoms with Crippen LogP contribution in [0.25, 0.3) is 0 Å². The van der Waals surface area contributed by atoms with E-state index >= 15 is 0 Å². The highest BCUT2D eigenvalue weighted by Crippen LogP contribution is 2.16. The summed E-state index contributed by atoms with van der Waals surface area (Å²) in [5.74, 6) is -0.595. The number of carbonyl (C=O) groups excluding carboxylic acids is 1. The number of carbonyl (C=O) groups is 1. The van der Waals surface area contributed by atoms with E-state index in [1.807, 2.05) is 0 Å². The van der Waals surface area contributed by atoms with Crippen LogP contribution >= 0.6 is 0 Å². The van der Waals surface area contributed by atoms with E-state index < -0.39 is 36.9 Å². The van der Waals surface area contributed by atoms with Gasteiger partial charge in [0.05, 0.1) is 18.8 Å². The van der Waals surface area contributed by atoms with E-state index in [1.165, 1.54) is 167 Å². The van der Waals surface area contributed by atoms with E-state index in [1.54, 1.807) is 0 Å². The van der Waals surface area contributed by atoms with Gasteiger partial charge in [-0.15, -0.1) is 0 Å². The van der Waals surface area contributed by atoms with Crippen molar-refractivity contribution in [1.82, 2.24) is 5.32 Å². The molecule has 53 heavy (non-hydrogen) atoms. The molecule has 0 saturated heterocycles. The molecule has 0 saturated carbocycles. The van der Waals surface area contributed by atoms with Crippen LogP contribution in [0.2, 0.25) is 0 Å². The molecule has 1 amide bonds. The van der Waals surface area contributed by atoms with E-state index in [0.29, 0.717) is 19.3 Å². The number of unbranched alkanes of at least 4 members (excludes halogenated alkanes) is 29. The average Bonchev–Trinajstić information content (AvgIpc) is 3.16. The number of allylic oxidation sites excluding steroid dienone is 4. The summed E-state index contributed by atoms with van der Waals surface area (Å²) in [6.07, 6.45) is 47.9. The highest BCUT2D eigenvalue weighted by molar-refractivity contribution is 5.80. The van der Waals surface area contributed by atoms with Gasteiger partial charge >= 0.3 is 0 Å². The lowest BCUT2D eigenvalue weighted by molar-refractivity contribution is -0.132. The Balaban J connectivity index is 3.74. The predicted molar refractivity (Wildman–Crippen MR) is 228 cm³/mol. The minimum absolute atomic E-state index is 0.364. The quantitative estimate of drug-likeness (QED) is 0.0315. The molecule has 0 aliphatic rings. The normalized spacial score (nSPS) is 14.3. The fourth-order valence-corrected chi connectivity index (χ4v) is 7.19. The highest BCUT2D eigenvalue weighted by atomic mass is 16.3. The molecule has 0 heterocycles. The lowest BCUT2D eigenvalue weighted by Crippen LogP contribution is -2.53. The summed E-state index contributed by atoms with van der Waals surface area (Å²) in [5, 5.41) is 43.7. The number of aliphatic hydroxyl groups excluding tert-OH is 4. The molecule has 0 aliphatic carbocycles. The molecule has 4 atom stereocenters. The van der Waals surface area contributed by atoms with Gasteiger partial charge < -0.3 is 25.7 Å². The van der Waals surface area contributed by atoms with Gasteiger partial charge in [0.2, 0.25) is 5.91 Å². The topological polar surface area (TPSA) is 110 Å². The van der Waals surface area contributed by atoms with Crippen molar-refractivity contribution in [2.75, 3.05) is 6.61 Å². The molecule has 5 N–H and O–H groups in total. The van der Waals surface area contributed by atoms with Crippen molar-refractivity contribution in [3.05, 3.63) is 24.3 Å². The molecule has 0 rings (SSSR count). The Hall–Kier alpha value is -1.21. The van der Waals surface area contributed by atoms with Gasteiger partial charge in [-0.05, 0) is 51.4 Å². The van der Waals surface area contributed by atoms with Crippen LogP contribution in [-0.4, -0.2) is 57.3 Å². The monoisotopic (exact) mass is 750 g/mol. The zero-order chi connectivity index (χ0) is 38.9. The summed E-state index contributed by atoms with van der Waals surface area (Å²) in [5.41, 5.74) is 0. The van der Waals surface area contributed by atoms with E-state index in [0.717, 1.165) is 38.5 Å². The summed E-state index contributed by atoms with van der Waals surface area (Å²) in [6.45, 7) is 4.04. The molecule has 6 nitrogen and oxygen atoms in total. The lowest BCUT2D eigenvalue weighted by Gasteiger charge is -2.27. The molecule has 0 aromatic heterocycles. The van der Waals surface area contributed by atoms with Crippen molar-refractivity contribution in [2.45, 2.75) is 263 Å². The number of rotatable bonds is 42. The Morgan fingerprint density at radius 1 is 0.453 bits per heavy atom. The van der Waals surface area contributed by atoms with Crippen molar-refractivity contribution in [3.8, 4) is 0 Å². The molecule has 6 heteroatoms. The fourth-order valence-electron chi connectivity index (χ4n) is 7.19. The lowest BCUT2D eigenvalue weighted by atomic mass is 10.00. The van der Waals surface area contributed by atoms with E-state index in [4.69, 9.17) is 0 Å². The van der Waals surface area contributed by atoms with E-state index in [2.05, 4.69) is 43.5 Å². The first-order chi connectivity index (χ1) is 26.0. The molecular weight excluding hydrogens is 659 g/mol. The van der Waals surface area contributed by atoms with Gasteiger partial charge in [-0.25, -0.2) is 0 Å². The molecule has 0 bridgehead atoms. The van der Waals surface area contributed by atoms with E-state index in [9.17, 15) is 25.2 Å². The number of hydrogen-bond donors (Lipinski definition) is 5. The molecule has 4 unspecified atom stereocenters. The first-order valence-electron chi connectivity index (χ1n) is 23.2. The second kappa shape index (κ2) is 41.9. The van der Waals surface area contributed by atoms with Crippen molar-refractivity contribution < 1.29 is 25.2 Å². The molecule has 0 aromatic rings.